The molecular formula is C21H18N2O2. The first kappa shape index (κ1) is 16.5. The summed E-state index contributed by atoms with van der Waals surface area (Å²) in [6.45, 7) is 1.81. The zero-order chi connectivity index (χ0) is 17.5. The predicted octanol–water partition coefficient (Wildman–Crippen LogP) is 5.33. The summed E-state index contributed by atoms with van der Waals surface area (Å²) in [5, 5.41) is 6.55. The van der Waals surface area contributed by atoms with E-state index in [9.17, 15) is 4.79 Å². The second-order valence-corrected chi connectivity index (χ2v) is 5.49. The molecule has 3 aromatic carbocycles. The van der Waals surface area contributed by atoms with E-state index in [1.807, 2.05) is 60.7 Å². The molecule has 0 saturated carbocycles. The zero-order valence-electron chi connectivity index (χ0n) is 13.8. The number of hydrogen-bond donors (Lipinski definition) is 1. The Bertz CT molecular complexity index is 875. The van der Waals surface area contributed by atoms with Crippen molar-refractivity contribution in [2.24, 2.45) is 5.16 Å². The Morgan fingerprint density at radius 1 is 0.840 bits per heavy atom. The lowest BCUT2D eigenvalue weighted by molar-refractivity contribution is 0.166. The Hall–Kier alpha value is -3.40. The number of benzene rings is 3. The topological polar surface area (TPSA) is 50.7 Å². The maximum atomic E-state index is 11.8. The molecule has 0 unspecified atom stereocenters. The third kappa shape index (κ3) is 4.54. The summed E-state index contributed by atoms with van der Waals surface area (Å²) in [4.78, 5) is 16.7. The fraction of sp³-hybridized carbons (Fsp3) is 0.0476. The number of anilines is 1. The molecule has 0 aliphatic heterocycles. The van der Waals surface area contributed by atoms with E-state index in [2.05, 4.69) is 22.6 Å². The minimum Gasteiger partial charge on any atom is -0.298 e. The van der Waals surface area contributed by atoms with Gasteiger partial charge >= 0.3 is 6.09 Å². The molecule has 124 valence electrons. The fourth-order valence-corrected chi connectivity index (χ4v) is 2.38. The summed E-state index contributed by atoms with van der Waals surface area (Å²) in [7, 11) is 0. The molecule has 3 rings (SSSR count). The number of carbonyl (C=O) groups excluding carboxylic acids is 1. The number of nitrogens with zero attached hydrogens (tertiary/aromatic N) is 1. The van der Waals surface area contributed by atoms with Crippen molar-refractivity contribution in [1.29, 1.82) is 0 Å². The van der Waals surface area contributed by atoms with Gasteiger partial charge in [-0.2, -0.15) is 0 Å². The van der Waals surface area contributed by atoms with Crippen molar-refractivity contribution in [3.63, 3.8) is 0 Å². The van der Waals surface area contributed by atoms with Gasteiger partial charge in [0.2, 0.25) is 0 Å². The maximum absolute atomic E-state index is 11.8. The average Bonchev–Trinajstić information content (AvgIpc) is 2.68. The van der Waals surface area contributed by atoms with Crippen LogP contribution in [0.5, 0.6) is 0 Å². The molecule has 0 saturated heterocycles. The Morgan fingerprint density at radius 3 is 2.20 bits per heavy atom. The fourth-order valence-electron chi connectivity index (χ4n) is 2.38. The van der Waals surface area contributed by atoms with E-state index >= 15 is 0 Å². The van der Waals surface area contributed by atoms with E-state index in [-0.39, 0.29) is 0 Å². The monoisotopic (exact) mass is 330 g/mol. The second kappa shape index (κ2) is 7.93. The van der Waals surface area contributed by atoms with Crippen LogP contribution in [0.15, 0.2) is 90.1 Å². The van der Waals surface area contributed by atoms with Gasteiger partial charge in [0, 0.05) is 5.69 Å². The summed E-state index contributed by atoms with van der Waals surface area (Å²) in [6, 6.07) is 27.1. The molecule has 0 aromatic heterocycles. The summed E-state index contributed by atoms with van der Waals surface area (Å²) in [5.41, 5.74) is 4.39. The first-order chi connectivity index (χ1) is 12.2. The maximum Gasteiger partial charge on any atom is 0.437 e. The molecule has 0 aliphatic rings. The minimum atomic E-state index is -0.621. The van der Waals surface area contributed by atoms with Crippen LogP contribution in [-0.2, 0) is 4.84 Å². The van der Waals surface area contributed by atoms with Crippen molar-refractivity contribution in [3.8, 4) is 11.1 Å². The smallest absolute Gasteiger partial charge is 0.298 e. The van der Waals surface area contributed by atoms with Crippen LogP contribution in [0.25, 0.3) is 11.1 Å². The summed E-state index contributed by atoms with van der Waals surface area (Å²) in [5.74, 6) is 0. The molecule has 1 N–H and O–H groups in total. The van der Waals surface area contributed by atoms with Gasteiger partial charge in [-0.3, -0.25) is 10.2 Å². The average molecular weight is 330 g/mol. The Kier molecular flexibility index (Phi) is 5.22. The lowest BCUT2D eigenvalue weighted by Gasteiger charge is -2.06. The van der Waals surface area contributed by atoms with Gasteiger partial charge < -0.3 is 0 Å². The van der Waals surface area contributed by atoms with Crippen molar-refractivity contribution >= 4 is 17.5 Å². The molecule has 0 bridgehead atoms. The highest BCUT2D eigenvalue weighted by atomic mass is 16.7. The minimum absolute atomic E-state index is 0.621. The Morgan fingerprint density at radius 2 is 1.48 bits per heavy atom. The zero-order valence-corrected chi connectivity index (χ0v) is 13.8. The first-order valence-electron chi connectivity index (χ1n) is 7.96. The third-order valence-electron chi connectivity index (χ3n) is 3.67. The van der Waals surface area contributed by atoms with Crippen LogP contribution in [0.1, 0.15) is 12.5 Å². The van der Waals surface area contributed by atoms with Crippen LogP contribution in [0, 0.1) is 0 Å². The number of hydrogen-bond acceptors (Lipinski definition) is 3. The molecule has 0 atom stereocenters. The van der Waals surface area contributed by atoms with E-state index < -0.39 is 6.09 Å². The SMILES string of the molecule is C/C(=N\OC(=O)Nc1ccccc1)c1cccc(-c2ccccc2)c1. The van der Waals surface area contributed by atoms with Gasteiger partial charge in [0.1, 0.15) is 0 Å². The van der Waals surface area contributed by atoms with Crippen molar-refractivity contribution in [1.82, 2.24) is 0 Å². The van der Waals surface area contributed by atoms with Gasteiger partial charge in [-0.15, -0.1) is 0 Å². The molecule has 0 fully saturated rings. The standard InChI is InChI=1S/C21H18N2O2/c1-16(23-25-21(24)22-20-13-6-3-7-14-20)18-11-8-12-19(15-18)17-9-4-2-5-10-17/h2-15H,1H3,(H,22,24)/b23-16+. The first-order valence-corrected chi connectivity index (χ1v) is 7.96. The van der Waals surface area contributed by atoms with E-state index in [1.54, 1.807) is 19.1 Å². The Labute approximate surface area is 146 Å². The molecule has 0 heterocycles. The largest absolute Gasteiger partial charge is 0.437 e. The van der Waals surface area contributed by atoms with Crippen molar-refractivity contribution in [3.05, 3.63) is 90.5 Å². The molecule has 4 heteroatoms. The second-order valence-electron chi connectivity index (χ2n) is 5.49. The van der Waals surface area contributed by atoms with Crippen molar-refractivity contribution in [2.45, 2.75) is 6.92 Å². The van der Waals surface area contributed by atoms with Gasteiger partial charge in [0.15, 0.2) is 0 Å². The highest BCUT2D eigenvalue weighted by Crippen LogP contribution is 2.20. The van der Waals surface area contributed by atoms with Gasteiger partial charge in [0.25, 0.3) is 0 Å². The molecule has 25 heavy (non-hydrogen) atoms. The van der Waals surface area contributed by atoms with Gasteiger partial charge in [-0.05, 0) is 41.8 Å². The lowest BCUT2D eigenvalue weighted by Crippen LogP contribution is -2.11. The molecule has 4 nitrogen and oxygen atoms in total. The van der Waals surface area contributed by atoms with Crippen LogP contribution >= 0.6 is 0 Å². The molecule has 0 aliphatic carbocycles. The van der Waals surface area contributed by atoms with Crippen molar-refractivity contribution < 1.29 is 9.63 Å². The molecule has 3 aromatic rings. The number of oxime groups is 1. The third-order valence-corrected chi connectivity index (χ3v) is 3.67. The number of para-hydroxylation sites is 1. The summed E-state index contributed by atoms with van der Waals surface area (Å²) < 4.78 is 0. The van der Waals surface area contributed by atoms with Crippen LogP contribution in [0.2, 0.25) is 0 Å². The molecular weight excluding hydrogens is 312 g/mol. The molecule has 1 amide bonds. The molecule has 0 radical (unpaired) electrons. The van der Waals surface area contributed by atoms with Crippen LogP contribution in [0.4, 0.5) is 10.5 Å². The van der Waals surface area contributed by atoms with Gasteiger partial charge in [-0.25, -0.2) is 4.79 Å². The van der Waals surface area contributed by atoms with Crippen molar-refractivity contribution in [2.75, 3.05) is 5.32 Å². The summed E-state index contributed by atoms with van der Waals surface area (Å²) in [6.07, 6.45) is -0.621. The Balaban J connectivity index is 1.69. The highest BCUT2D eigenvalue weighted by Gasteiger charge is 2.05. The van der Waals surface area contributed by atoms with E-state index in [0.29, 0.717) is 11.4 Å². The number of carbonyl (C=O) groups is 1. The van der Waals surface area contributed by atoms with Crippen LogP contribution in [-0.4, -0.2) is 11.8 Å². The lowest BCUT2D eigenvalue weighted by atomic mass is 10.0. The van der Waals surface area contributed by atoms with Crippen LogP contribution in [0.3, 0.4) is 0 Å². The number of amides is 1. The van der Waals surface area contributed by atoms with Gasteiger partial charge in [0.05, 0.1) is 5.71 Å². The molecule has 0 spiro atoms. The number of rotatable bonds is 4. The van der Waals surface area contributed by atoms with E-state index in [1.165, 1.54) is 0 Å². The van der Waals surface area contributed by atoms with E-state index in [0.717, 1.165) is 16.7 Å². The highest BCUT2D eigenvalue weighted by molar-refractivity contribution is 5.99. The van der Waals surface area contributed by atoms with Crippen LogP contribution < -0.4 is 5.32 Å². The van der Waals surface area contributed by atoms with E-state index in [4.69, 9.17) is 4.84 Å². The van der Waals surface area contributed by atoms with Gasteiger partial charge in [-0.1, -0.05) is 71.9 Å². The number of nitrogens with one attached hydrogen (secondary N) is 1. The quantitative estimate of drug-likeness (QED) is 0.399. The summed E-state index contributed by atoms with van der Waals surface area (Å²) >= 11 is 0. The normalized spacial score (nSPS) is 11.0. The predicted molar refractivity (Wildman–Crippen MR) is 101 cm³/mol.